The van der Waals surface area contributed by atoms with Gasteiger partial charge in [0.25, 0.3) is 0 Å². The van der Waals surface area contributed by atoms with Crippen molar-refractivity contribution in [2.75, 3.05) is 13.1 Å². The zero-order chi connectivity index (χ0) is 19.4. The van der Waals surface area contributed by atoms with Gasteiger partial charge in [0.1, 0.15) is 5.75 Å². The molecule has 6 nitrogen and oxygen atoms in total. The lowest BCUT2D eigenvalue weighted by Crippen LogP contribution is -2.35. The standard InChI is InChI=1S/C21H22N2O4S/c24-28(25,23-13-5-2-6-14-23)19-11-9-18(10-12-19)26-16-21-22-15-20(27-21)17-7-3-1-4-8-17/h1,3-4,7-12,15H,2,5-6,13-14,16H2. The first-order valence-electron chi connectivity index (χ1n) is 9.36. The Kier molecular flexibility index (Phi) is 5.45. The lowest BCUT2D eigenvalue weighted by atomic mass is 10.2. The Morgan fingerprint density at radius 1 is 0.964 bits per heavy atom. The van der Waals surface area contributed by atoms with E-state index in [2.05, 4.69) is 4.98 Å². The molecule has 0 spiro atoms. The minimum atomic E-state index is -3.43. The molecule has 1 aromatic heterocycles. The van der Waals surface area contributed by atoms with E-state index in [1.807, 2.05) is 30.3 Å². The van der Waals surface area contributed by atoms with Crippen LogP contribution in [0.25, 0.3) is 11.3 Å². The third-order valence-corrected chi connectivity index (χ3v) is 6.66. The Bertz CT molecular complexity index is 1010. The number of oxazole rings is 1. The van der Waals surface area contributed by atoms with E-state index < -0.39 is 10.0 Å². The molecule has 2 heterocycles. The highest BCUT2D eigenvalue weighted by Gasteiger charge is 2.25. The lowest BCUT2D eigenvalue weighted by molar-refractivity contribution is 0.264. The molecule has 1 aliphatic heterocycles. The molecule has 0 amide bonds. The molecule has 4 rings (SSSR count). The monoisotopic (exact) mass is 398 g/mol. The molecule has 0 radical (unpaired) electrons. The summed E-state index contributed by atoms with van der Waals surface area (Å²) in [5, 5.41) is 0. The van der Waals surface area contributed by atoms with Gasteiger partial charge in [0.2, 0.25) is 15.9 Å². The van der Waals surface area contributed by atoms with Crippen molar-refractivity contribution in [2.24, 2.45) is 0 Å². The predicted octanol–water partition coefficient (Wildman–Crippen LogP) is 4.10. The Morgan fingerprint density at radius 2 is 1.68 bits per heavy atom. The van der Waals surface area contributed by atoms with Crippen LogP contribution in [0.15, 0.2) is 70.1 Å². The van der Waals surface area contributed by atoms with Gasteiger partial charge in [-0.25, -0.2) is 13.4 Å². The number of nitrogens with zero attached hydrogens (tertiary/aromatic N) is 2. The van der Waals surface area contributed by atoms with Gasteiger partial charge in [0, 0.05) is 18.7 Å². The highest BCUT2D eigenvalue weighted by atomic mass is 32.2. The quantitative estimate of drug-likeness (QED) is 0.625. The largest absolute Gasteiger partial charge is 0.484 e. The molecular weight excluding hydrogens is 376 g/mol. The zero-order valence-electron chi connectivity index (χ0n) is 15.5. The third-order valence-electron chi connectivity index (χ3n) is 4.75. The number of ether oxygens (including phenoxy) is 1. The highest BCUT2D eigenvalue weighted by molar-refractivity contribution is 7.89. The number of benzene rings is 2. The first-order chi connectivity index (χ1) is 13.6. The zero-order valence-corrected chi connectivity index (χ0v) is 16.3. The van der Waals surface area contributed by atoms with Crippen LogP contribution < -0.4 is 4.74 Å². The molecule has 0 saturated carbocycles. The van der Waals surface area contributed by atoms with Crippen molar-refractivity contribution in [3.63, 3.8) is 0 Å². The maximum atomic E-state index is 12.7. The molecular formula is C21H22N2O4S. The molecule has 3 aromatic rings. The van der Waals surface area contributed by atoms with Crippen LogP contribution in [-0.4, -0.2) is 30.8 Å². The minimum Gasteiger partial charge on any atom is -0.484 e. The van der Waals surface area contributed by atoms with Crippen molar-refractivity contribution >= 4 is 10.0 Å². The predicted molar refractivity (Wildman–Crippen MR) is 105 cm³/mol. The molecule has 0 bridgehead atoms. The average molecular weight is 398 g/mol. The third kappa shape index (κ3) is 4.10. The Hall–Kier alpha value is -2.64. The average Bonchev–Trinajstić information content (AvgIpc) is 3.23. The molecule has 0 unspecified atom stereocenters. The summed E-state index contributed by atoms with van der Waals surface area (Å²) in [6, 6.07) is 16.2. The smallest absolute Gasteiger partial charge is 0.243 e. The molecule has 146 valence electrons. The number of hydrogen-bond acceptors (Lipinski definition) is 5. The summed E-state index contributed by atoms with van der Waals surface area (Å²) in [5.41, 5.74) is 0.952. The van der Waals surface area contributed by atoms with Gasteiger partial charge in [-0.2, -0.15) is 4.31 Å². The fourth-order valence-electron chi connectivity index (χ4n) is 3.22. The number of sulfonamides is 1. The van der Waals surface area contributed by atoms with E-state index in [-0.39, 0.29) is 6.61 Å². The summed E-state index contributed by atoms with van der Waals surface area (Å²) >= 11 is 0. The van der Waals surface area contributed by atoms with E-state index in [0.717, 1.165) is 24.8 Å². The van der Waals surface area contributed by atoms with Crippen molar-refractivity contribution in [1.82, 2.24) is 9.29 Å². The Morgan fingerprint density at radius 3 is 2.39 bits per heavy atom. The van der Waals surface area contributed by atoms with Crippen molar-refractivity contribution in [1.29, 1.82) is 0 Å². The summed E-state index contributed by atoms with van der Waals surface area (Å²) in [5.74, 6) is 1.71. The van der Waals surface area contributed by atoms with Gasteiger partial charge in [-0.1, -0.05) is 36.8 Å². The van der Waals surface area contributed by atoms with Crippen molar-refractivity contribution in [3.8, 4) is 17.1 Å². The van der Waals surface area contributed by atoms with E-state index in [1.54, 1.807) is 34.8 Å². The van der Waals surface area contributed by atoms with Gasteiger partial charge < -0.3 is 9.15 Å². The van der Waals surface area contributed by atoms with E-state index in [0.29, 0.717) is 35.4 Å². The summed E-state index contributed by atoms with van der Waals surface area (Å²) in [4.78, 5) is 4.53. The topological polar surface area (TPSA) is 72.6 Å². The van der Waals surface area contributed by atoms with Crippen molar-refractivity contribution < 1.29 is 17.6 Å². The van der Waals surface area contributed by atoms with E-state index >= 15 is 0 Å². The minimum absolute atomic E-state index is 0.172. The molecule has 28 heavy (non-hydrogen) atoms. The van der Waals surface area contributed by atoms with Crippen LogP contribution in [0.3, 0.4) is 0 Å². The summed E-state index contributed by atoms with van der Waals surface area (Å²) in [6.07, 6.45) is 4.59. The van der Waals surface area contributed by atoms with Gasteiger partial charge >= 0.3 is 0 Å². The van der Waals surface area contributed by atoms with Gasteiger partial charge in [0.05, 0.1) is 11.1 Å². The van der Waals surface area contributed by atoms with Crippen LogP contribution in [0.4, 0.5) is 0 Å². The number of rotatable bonds is 6. The summed E-state index contributed by atoms with van der Waals surface area (Å²) < 4.78 is 38.3. The lowest BCUT2D eigenvalue weighted by Gasteiger charge is -2.25. The van der Waals surface area contributed by atoms with Gasteiger partial charge in [-0.15, -0.1) is 0 Å². The SMILES string of the molecule is O=S(=O)(c1ccc(OCc2ncc(-c3ccccc3)o2)cc1)N1CCCCC1. The van der Waals surface area contributed by atoms with Crippen LogP contribution >= 0.6 is 0 Å². The van der Waals surface area contributed by atoms with Crippen LogP contribution in [0.1, 0.15) is 25.2 Å². The molecule has 0 aliphatic carbocycles. The van der Waals surface area contributed by atoms with E-state index in [9.17, 15) is 8.42 Å². The first kappa shape index (κ1) is 18.7. The second-order valence-electron chi connectivity index (χ2n) is 6.71. The van der Waals surface area contributed by atoms with Crippen LogP contribution in [0.2, 0.25) is 0 Å². The molecule has 1 saturated heterocycles. The molecule has 1 fully saturated rings. The first-order valence-corrected chi connectivity index (χ1v) is 10.8. The van der Waals surface area contributed by atoms with Gasteiger partial charge in [0.15, 0.2) is 12.4 Å². The molecule has 2 aromatic carbocycles. The van der Waals surface area contributed by atoms with Gasteiger partial charge in [-0.05, 0) is 37.1 Å². The second-order valence-corrected chi connectivity index (χ2v) is 8.65. The highest BCUT2D eigenvalue weighted by Crippen LogP contribution is 2.24. The van der Waals surface area contributed by atoms with Crippen molar-refractivity contribution in [2.45, 2.75) is 30.8 Å². The Balaban J connectivity index is 1.39. The number of aromatic nitrogens is 1. The number of hydrogen-bond donors (Lipinski definition) is 0. The van der Waals surface area contributed by atoms with Crippen LogP contribution in [0.5, 0.6) is 5.75 Å². The van der Waals surface area contributed by atoms with Crippen molar-refractivity contribution in [3.05, 3.63) is 66.7 Å². The van der Waals surface area contributed by atoms with Crippen LogP contribution in [-0.2, 0) is 16.6 Å². The maximum Gasteiger partial charge on any atom is 0.243 e. The van der Waals surface area contributed by atoms with E-state index in [1.165, 1.54) is 0 Å². The molecule has 0 N–H and O–H groups in total. The maximum absolute atomic E-state index is 12.7. The van der Waals surface area contributed by atoms with Crippen LogP contribution in [0, 0.1) is 0 Å². The fraction of sp³-hybridized carbons (Fsp3) is 0.286. The number of piperidine rings is 1. The summed E-state index contributed by atoms with van der Waals surface area (Å²) in [7, 11) is -3.43. The molecule has 7 heteroatoms. The molecule has 1 aliphatic rings. The normalized spacial score (nSPS) is 15.4. The fourth-order valence-corrected chi connectivity index (χ4v) is 4.74. The van der Waals surface area contributed by atoms with E-state index in [4.69, 9.17) is 9.15 Å². The van der Waals surface area contributed by atoms with Gasteiger partial charge in [-0.3, -0.25) is 0 Å². The Labute approximate surface area is 164 Å². The molecule has 0 atom stereocenters. The summed E-state index contributed by atoms with van der Waals surface area (Å²) in [6.45, 7) is 1.36. The second kappa shape index (κ2) is 8.16.